The van der Waals surface area contributed by atoms with Gasteiger partial charge >= 0.3 is 5.97 Å². The summed E-state index contributed by atoms with van der Waals surface area (Å²) in [4.78, 5) is 24.5. The highest BCUT2D eigenvalue weighted by atomic mass is 127. The smallest absolute Gasteiger partial charge is 0.305 e. The molecular weight excluding hydrogens is 457 g/mol. The lowest BCUT2D eigenvalue weighted by Gasteiger charge is -2.37. The van der Waals surface area contributed by atoms with Crippen LogP contribution in [0.5, 0.6) is 0 Å². The van der Waals surface area contributed by atoms with Crippen molar-refractivity contribution < 1.29 is 9.53 Å². The monoisotopic (exact) mass is 489 g/mol. The van der Waals surface area contributed by atoms with E-state index in [-0.39, 0.29) is 29.9 Å². The van der Waals surface area contributed by atoms with Gasteiger partial charge in [0.1, 0.15) is 5.82 Å². The Morgan fingerprint density at radius 3 is 2.56 bits per heavy atom. The zero-order valence-corrected chi connectivity index (χ0v) is 18.7. The lowest BCUT2D eigenvalue weighted by atomic mass is 10.1. The van der Waals surface area contributed by atoms with Crippen LogP contribution in [-0.2, 0) is 9.53 Å². The normalized spacial score (nSPS) is 14.5. The highest BCUT2D eigenvalue weighted by Gasteiger charge is 2.20. The number of rotatable bonds is 8. The second kappa shape index (κ2) is 13.6. The Morgan fingerprint density at radius 2 is 1.93 bits per heavy atom. The van der Waals surface area contributed by atoms with Gasteiger partial charge in [0.05, 0.1) is 7.11 Å². The van der Waals surface area contributed by atoms with Crippen LogP contribution < -0.4 is 10.2 Å². The van der Waals surface area contributed by atoms with Gasteiger partial charge in [0.15, 0.2) is 5.96 Å². The molecule has 0 aliphatic carbocycles. The third-order valence-corrected chi connectivity index (χ3v) is 4.58. The first-order chi connectivity index (χ1) is 12.7. The standard InChI is InChI=1S/C19H31N5O2.HI/c1-20-19(22-12-7-4-3-5-10-18(25)26-2)24-15-13-23(14-16-24)17-9-6-8-11-21-17;/h6,8-9,11H,3-5,7,10,12-16H2,1-2H3,(H,20,22);1H. The van der Waals surface area contributed by atoms with Gasteiger partial charge in [0.2, 0.25) is 0 Å². The molecule has 2 rings (SSSR count). The molecule has 0 radical (unpaired) electrons. The minimum atomic E-state index is -0.117. The molecule has 0 aromatic carbocycles. The average Bonchev–Trinajstić information content (AvgIpc) is 2.71. The molecule has 7 nitrogen and oxygen atoms in total. The number of nitrogens with one attached hydrogen (secondary N) is 1. The minimum Gasteiger partial charge on any atom is -0.469 e. The molecule has 1 N–H and O–H groups in total. The van der Waals surface area contributed by atoms with E-state index in [1.54, 1.807) is 0 Å². The minimum absolute atomic E-state index is 0. The maximum absolute atomic E-state index is 11.1. The van der Waals surface area contributed by atoms with Gasteiger partial charge in [-0.05, 0) is 25.0 Å². The van der Waals surface area contributed by atoms with Crippen LogP contribution in [0, 0.1) is 0 Å². The third-order valence-electron chi connectivity index (χ3n) is 4.58. The molecule has 152 valence electrons. The van der Waals surface area contributed by atoms with E-state index in [1.165, 1.54) is 7.11 Å². The van der Waals surface area contributed by atoms with E-state index >= 15 is 0 Å². The van der Waals surface area contributed by atoms with Crippen LogP contribution >= 0.6 is 24.0 Å². The largest absolute Gasteiger partial charge is 0.469 e. The van der Waals surface area contributed by atoms with Crippen molar-refractivity contribution in [1.29, 1.82) is 0 Å². The second-order valence-corrected chi connectivity index (χ2v) is 6.38. The number of hydrogen-bond donors (Lipinski definition) is 1. The molecule has 0 spiro atoms. The van der Waals surface area contributed by atoms with E-state index in [1.807, 2.05) is 25.4 Å². The predicted molar refractivity (Wildman–Crippen MR) is 120 cm³/mol. The maximum Gasteiger partial charge on any atom is 0.305 e. The fourth-order valence-corrected chi connectivity index (χ4v) is 3.07. The van der Waals surface area contributed by atoms with Crippen molar-refractivity contribution in [2.75, 3.05) is 51.8 Å². The molecule has 0 unspecified atom stereocenters. The van der Waals surface area contributed by atoms with Crippen molar-refractivity contribution in [3.63, 3.8) is 0 Å². The number of unbranched alkanes of at least 4 members (excludes halogenated alkanes) is 3. The van der Waals surface area contributed by atoms with Crippen molar-refractivity contribution in [1.82, 2.24) is 15.2 Å². The van der Waals surface area contributed by atoms with Crippen LogP contribution in [0.4, 0.5) is 5.82 Å². The fraction of sp³-hybridized carbons (Fsp3) is 0.632. The summed E-state index contributed by atoms with van der Waals surface area (Å²) in [6, 6.07) is 6.03. The first kappa shape index (κ1) is 23.5. The van der Waals surface area contributed by atoms with Gasteiger partial charge in [-0.3, -0.25) is 9.79 Å². The molecule has 1 saturated heterocycles. The van der Waals surface area contributed by atoms with Crippen molar-refractivity contribution in [3.05, 3.63) is 24.4 Å². The molecule has 1 fully saturated rings. The predicted octanol–water partition coefficient (Wildman–Crippen LogP) is 2.52. The van der Waals surface area contributed by atoms with Gasteiger partial charge in [-0.15, -0.1) is 24.0 Å². The number of carbonyl (C=O) groups is 1. The Kier molecular flexibility index (Phi) is 11.8. The summed E-state index contributed by atoms with van der Waals surface area (Å²) in [7, 11) is 3.28. The highest BCUT2D eigenvalue weighted by molar-refractivity contribution is 14.0. The summed E-state index contributed by atoms with van der Waals surface area (Å²) in [5, 5.41) is 3.45. The highest BCUT2D eigenvalue weighted by Crippen LogP contribution is 2.12. The van der Waals surface area contributed by atoms with Crippen LogP contribution in [0.3, 0.4) is 0 Å². The summed E-state index contributed by atoms with van der Waals surface area (Å²) < 4.78 is 4.65. The number of halogens is 1. The topological polar surface area (TPSA) is 70.1 Å². The van der Waals surface area contributed by atoms with E-state index in [4.69, 9.17) is 0 Å². The van der Waals surface area contributed by atoms with Gasteiger partial charge in [-0.1, -0.05) is 18.9 Å². The lowest BCUT2D eigenvalue weighted by molar-refractivity contribution is -0.140. The summed E-state index contributed by atoms with van der Waals surface area (Å²) >= 11 is 0. The van der Waals surface area contributed by atoms with Crippen molar-refractivity contribution in [2.45, 2.75) is 32.1 Å². The van der Waals surface area contributed by atoms with Crippen molar-refractivity contribution >= 4 is 41.7 Å². The first-order valence-corrected chi connectivity index (χ1v) is 9.43. The number of aliphatic imine (C=N–C) groups is 1. The number of piperazine rings is 1. The fourth-order valence-electron chi connectivity index (χ4n) is 3.07. The molecule has 0 amide bonds. The van der Waals surface area contributed by atoms with E-state index in [0.717, 1.165) is 70.2 Å². The van der Waals surface area contributed by atoms with Gasteiger partial charge < -0.3 is 19.9 Å². The first-order valence-electron chi connectivity index (χ1n) is 9.43. The summed E-state index contributed by atoms with van der Waals surface area (Å²) in [5.41, 5.74) is 0. The molecule has 1 aliphatic heterocycles. The number of pyridine rings is 1. The Morgan fingerprint density at radius 1 is 1.19 bits per heavy atom. The summed E-state index contributed by atoms with van der Waals surface area (Å²) in [6.45, 7) is 4.69. The van der Waals surface area contributed by atoms with E-state index in [2.05, 4.69) is 35.9 Å². The molecular formula is C19H32IN5O2. The second-order valence-electron chi connectivity index (χ2n) is 6.38. The molecule has 1 aromatic heterocycles. The molecule has 0 saturated carbocycles. The van der Waals surface area contributed by atoms with Crippen molar-refractivity contribution in [3.8, 4) is 0 Å². The third kappa shape index (κ3) is 8.32. The number of carbonyl (C=O) groups excluding carboxylic acids is 1. The van der Waals surface area contributed by atoms with E-state index in [0.29, 0.717) is 6.42 Å². The number of esters is 1. The lowest BCUT2D eigenvalue weighted by Crippen LogP contribution is -2.52. The Hall–Kier alpha value is -1.58. The van der Waals surface area contributed by atoms with Crippen LogP contribution in [0.1, 0.15) is 32.1 Å². The van der Waals surface area contributed by atoms with Crippen LogP contribution in [0.15, 0.2) is 29.4 Å². The molecule has 1 aliphatic rings. The number of methoxy groups -OCH3 is 1. The summed E-state index contributed by atoms with van der Waals surface area (Å²) in [6.07, 6.45) is 6.50. The average molecular weight is 489 g/mol. The quantitative estimate of drug-likeness (QED) is 0.199. The molecule has 0 atom stereocenters. The number of hydrogen-bond acceptors (Lipinski definition) is 5. The Labute approximate surface area is 179 Å². The molecule has 2 heterocycles. The van der Waals surface area contributed by atoms with Gasteiger partial charge in [-0.25, -0.2) is 4.98 Å². The number of aromatic nitrogens is 1. The number of ether oxygens (including phenoxy) is 1. The number of anilines is 1. The van der Waals surface area contributed by atoms with Gasteiger partial charge in [0, 0.05) is 52.4 Å². The van der Waals surface area contributed by atoms with E-state index in [9.17, 15) is 4.79 Å². The zero-order valence-electron chi connectivity index (χ0n) is 16.4. The molecule has 1 aromatic rings. The zero-order chi connectivity index (χ0) is 18.6. The number of nitrogens with zero attached hydrogens (tertiary/aromatic N) is 4. The molecule has 8 heteroatoms. The SMILES string of the molecule is CN=C(NCCCCCCC(=O)OC)N1CCN(c2ccccn2)CC1.I. The molecule has 27 heavy (non-hydrogen) atoms. The van der Waals surface area contributed by atoms with E-state index < -0.39 is 0 Å². The van der Waals surface area contributed by atoms with Crippen LogP contribution in [0.2, 0.25) is 0 Å². The maximum atomic E-state index is 11.1. The Bertz CT molecular complexity index is 562. The van der Waals surface area contributed by atoms with Crippen LogP contribution in [-0.4, -0.2) is 68.7 Å². The summed E-state index contributed by atoms with van der Waals surface area (Å²) in [5.74, 6) is 1.90. The van der Waals surface area contributed by atoms with Crippen LogP contribution in [0.25, 0.3) is 0 Å². The number of guanidine groups is 1. The van der Waals surface area contributed by atoms with Gasteiger partial charge in [-0.2, -0.15) is 0 Å². The van der Waals surface area contributed by atoms with Gasteiger partial charge in [0.25, 0.3) is 0 Å². The molecule has 0 bridgehead atoms. The Balaban J connectivity index is 0.00000364. The van der Waals surface area contributed by atoms with Crippen molar-refractivity contribution in [2.24, 2.45) is 4.99 Å².